The van der Waals surface area contributed by atoms with E-state index in [1.54, 1.807) is 6.92 Å². The molecule has 0 aliphatic carbocycles. The number of allylic oxidation sites excluding steroid dienone is 1. The van der Waals surface area contributed by atoms with Crippen LogP contribution >= 0.6 is 0 Å². The van der Waals surface area contributed by atoms with E-state index in [4.69, 9.17) is 9.84 Å². The molecule has 0 aromatic heterocycles. The molecule has 0 aliphatic rings. The van der Waals surface area contributed by atoms with Gasteiger partial charge in [0.05, 0.1) is 0 Å². The molecular formula is C14H15FO4. The fourth-order valence-electron chi connectivity index (χ4n) is 1.34. The molecule has 1 N–H and O–H groups in total. The topological polar surface area (TPSA) is 63.6 Å². The lowest BCUT2D eigenvalue weighted by molar-refractivity contribution is -0.144. The Balaban J connectivity index is 2.95. The van der Waals surface area contributed by atoms with Crippen molar-refractivity contribution in [3.63, 3.8) is 0 Å². The van der Waals surface area contributed by atoms with Crippen molar-refractivity contribution in [2.24, 2.45) is 0 Å². The molecule has 19 heavy (non-hydrogen) atoms. The smallest absolute Gasteiger partial charge is 0.344 e. The predicted molar refractivity (Wildman–Crippen MR) is 67.9 cm³/mol. The third-order valence-corrected chi connectivity index (χ3v) is 2.59. The zero-order chi connectivity index (χ0) is 14.6. The summed E-state index contributed by atoms with van der Waals surface area (Å²) in [7, 11) is 0. The molecule has 0 saturated carbocycles. The lowest BCUT2D eigenvalue weighted by atomic mass is 10.0. The van der Waals surface area contributed by atoms with E-state index in [0.29, 0.717) is 12.0 Å². The Morgan fingerprint density at radius 1 is 1.47 bits per heavy atom. The Bertz CT molecular complexity index is 522. The molecule has 1 atom stereocenters. The molecule has 1 unspecified atom stereocenters. The molecule has 0 radical (unpaired) electrons. The Kier molecular flexibility index (Phi) is 4.80. The van der Waals surface area contributed by atoms with Gasteiger partial charge in [0, 0.05) is 5.56 Å². The number of carboxylic acids is 1. The molecule has 4 nitrogen and oxygen atoms in total. The van der Waals surface area contributed by atoms with Gasteiger partial charge in [0.1, 0.15) is 0 Å². The van der Waals surface area contributed by atoms with Crippen molar-refractivity contribution in [2.45, 2.75) is 26.4 Å². The minimum absolute atomic E-state index is 0.166. The molecule has 0 spiro atoms. The second-order valence-electron chi connectivity index (χ2n) is 4.03. The number of hydrogen-bond donors (Lipinski definition) is 1. The van der Waals surface area contributed by atoms with Crippen LogP contribution < -0.4 is 4.74 Å². The van der Waals surface area contributed by atoms with E-state index in [-0.39, 0.29) is 17.1 Å². The van der Waals surface area contributed by atoms with Crippen LogP contribution in [0.25, 0.3) is 0 Å². The van der Waals surface area contributed by atoms with Crippen LogP contribution in [-0.4, -0.2) is 23.0 Å². The molecule has 0 aliphatic heterocycles. The largest absolute Gasteiger partial charge is 0.479 e. The van der Waals surface area contributed by atoms with Crippen molar-refractivity contribution in [2.75, 3.05) is 0 Å². The SMILES string of the molecule is C=C(CC)C(=O)c1ccc(OC(C)C(=O)O)c(F)c1. The van der Waals surface area contributed by atoms with Crippen molar-refractivity contribution in [3.05, 3.63) is 41.7 Å². The van der Waals surface area contributed by atoms with Crippen LogP contribution in [0.4, 0.5) is 4.39 Å². The second kappa shape index (κ2) is 6.13. The summed E-state index contributed by atoms with van der Waals surface area (Å²) in [6, 6.07) is 3.65. The van der Waals surface area contributed by atoms with Crippen molar-refractivity contribution in [3.8, 4) is 5.75 Å². The normalized spacial score (nSPS) is 11.7. The van der Waals surface area contributed by atoms with Gasteiger partial charge >= 0.3 is 5.97 Å². The summed E-state index contributed by atoms with van der Waals surface area (Å²) in [6.07, 6.45) is -0.684. The van der Waals surface area contributed by atoms with E-state index < -0.39 is 17.9 Å². The van der Waals surface area contributed by atoms with Crippen molar-refractivity contribution < 1.29 is 23.8 Å². The number of aliphatic carboxylic acids is 1. The number of rotatable bonds is 6. The first-order valence-corrected chi connectivity index (χ1v) is 5.78. The van der Waals surface area contributed by atoms with Gasteiger partial charge in [0.25, 0.3) is 0 Å². The van der Waals surface area contributed by atoms with Gasteiger partial charge in [-0.1, -0.05) is 13.5 Å². The number of halogens is 1. The first-order chi connectivity index (χ1) is 8.86. The third-order valence-electron chi connectivity index (χ3n) is 2.59. The number of carbonyl (C=O) groups is 2. The zero-order valence-electron chi connectivity index (χ0n) is 10.8. The van der Waals surface area contributed by atoms with Crippen LogP contribution in [0, 0.1) is 5.82 Å². The van der Waals surface area contributed by atoms with Crippen LogP contribution in [0.5, 0.6) is 5.75 Å². The van der Waals surface area contributed by atoms with E-state index >= 15 is 0 Å². The quantitative estimate of drug-likeness (QED) is 0.635. The van der Waals surface area contributed by atoms with Crippen LogP contribution in [0.2, 0.25) is 0 Å². The second-order valence-corrected chi connectivity index (χ2v) is 4.03. The maximum atomic E-state index is 13.7. The molecule has 0 saturated heterocycles. The summed E-state index contributed by atoms with van der Waals surface area (Å²) in [4.78, 5) is 22.4. The molecule has 0 amide bonds. The fraction of sp³-hybridized carbons (Fsp3) is 0.286. The summed E-state index contributed by atoms with van der Waals surface area (Å²) in [5, 5.41) is 8.67. The number of hydrogen-bond acceptors (Lipinski definition) is 3. The monoisotopic (exact) mass is 266 g/mol. The number of carboxylic acid groups (broad SMARTS) is 1. The summed E-state index contributed by atoms with van der Waals surface area (Å²) < 4.78 is 18.6. The minimum Gasteiger partial charge on any atom is -0.479 e. The lowest BCUT2D eigenvalue weighted by Crippen LogP contribution is -2.23. The average molecular weight is 266 g/mol. The van der Waals surface area contributed by atoms with Gasteiger partial charge in [0.2, 0.25) is 0 Å². The Morgan fingerprint density at radius 3 is 2.58 bits per heavy atom. The van der Waals surface area contributed by atoms with Crippen molar-refractivity contribution >= 4 is 11.8 Å². The number of carbonyl (C=O) groups excluding carboxylic acids is 1. The van der Waals surface area contributed by atoms with Gasteiger partial charge in [-0.15, -0.1) is 0 Å². The molecular weight excluding hydrogens is 251 g/mol. The highest BCUT2D eigenvalue weighted by atomic mass is 19.1. The lowest BCUT2D eigenvalue weighted by Gasteiger charge is -2.11. The maximum absolute atomic E-state index is 13.7. The van der Waals surface area contributed by atoms with Gasteiger partial charge in [-0.05, 0) is 37.1 Å². The molecule has 5 heteroatoms. The first-order valence-electron chi connectivity index (χ1n) is 5.78. The summed E-state index contributed by atoms with van der Waals surface area (Å²) in [6.45, 7) is 6.66. The zero-order valence-corrected chi connectivity index (χ0v) is 10.8. The molecule has 0 bridgehead atoms. The molecule has 1 aromatic rings. The van der Waals surface area contributed by atoms with Gasteiger partial charge in [-0.3, -0.25) is 4.79 Å². The van der Waals surface area contributed by atoms with E-state index in [0.717, 1.165) is 6.07 Å². The van der Waals surface area contributed by atoms with Crippen LogP contribution in [0.1, 0.15) is 30.6 Å². The van der Waals surface area contributed by atoms with Gasteiger partial charge in [0.15, 0.2) is 23.5 Å². The molecule has 1 rings (SSSR count). The summed E-state index contributed by atoms with van der Waals surface area (Å²) in [5.41, 5.74) is 0.548. The van der Waals surface area contributed by atoms with E-state index in [1.165, 1.54) is 19.1 Å². The summed E-state index contributed by atoms with van der Waals surface area (Å²) >= 11 is 0. The van der Waals surface area contributed by atoms with Gasteiger partial charge in [-0.25, -0.2) is 9.18 Å². The Hall–Kier alpha value is -2.17. The van der Waals surface area contributed by atoms with Crippen LogP contribution in [0.15, 0.2) is 30.4 Å². The standard InChI is InChI=1S/C14H15FO4/c1-4-8(2)13(16)10-5-6-12(11(15)7-10)19-9(3)14(17)18/h5-7,9H,2,4H2,1,3H3,(H,17,18). The minimum atomic E-state index is -1.20. The van der Waals surface area contributed by atoms with Crippen LogP contribution in [0.3, 0.4) is 0 Å². The number of benzene rings is 1. The highest BCUT2D eigenvalue weighted by Gasteiger charge is 2.17. The van der Waals surface area contributed by atoms with E-state index in [1.807, 2.05) is 0 Å². The maximum Gasteiger partial charge on any atom is 0.344 e. The molecule has 1 aromatic carbocycles. The highest BCUT2D eigenvalue weighted by molar-refractivity contribution is 6.08. The van der Waals surface area contributed by atoms with Gasteiger partial charge in [-0.2, -0.15) is 0 Å². The number of ketones is 1. The molecule has 102 valence electrons. The van der Waals surface area contributed by atoms with Crippen LogP contribution in [-0.2, 0) is 4.79 Å². The number of Topliss-reactive ketones (excluding diaryl/α,β-unsaturated/α-hetero) is 1. The van der Waals surface area contributed by atoms with E-state index in [9.17, 15) is 14.0 Å². The van der Waals surface area contributed by atoms with E-state index in [2.05, 4.69) is 6.58 Å². The van der Waals surface area contributed by atoms with Gasteiger partial charge < -0.3 is 9.84 Å². The highest BCUT2D eigenvalue weighted by Crippen LogP contribution is 2.21. The summed E-state index contributed by atoms with van der Waals surface area (Å²) in [5.74, 6) is -2.51. The third kappa shape index (κ3) is 3.64. The first kappa shape index (κ1) is 14.9. The average Bonchev–Trinajstić information content (AvgIpc) is 2.38. The Labute approximate surface area is 110 Å². The molecule has 0 heterocycles. The van der Waals surface area contributed by atoms with Crippen molar-refractivity contribution in [1.29, 1.82) is 0 Å². The fourth-order valence-corrected chi connectivity index (χ4v) is 1.34. The number of ether oxygens (including phenoxy) is 1. The predicted octanol–water partition coefficient (Wildman–Crippen LogP) is 2.83. The van der Waals surface area contributed by atoms with Crippen molar-refractivity contribution in [1.82, 2.24) is 0 Å². The molecule has 0 fully saturated rings. The Morgan fingerprint density at radius 2 is 2.11 bits per heavy atom.